The number of nitrogens with one attached hydrogen (secondary N) is 1. The molecule has 5 heteroatoms. The number of aryl methyl sites for hydroxylation is 1. The molecule has 0 fully saturated rings. The van der Waals surface area contributed by atoms with Gasteiger partial charge in [-0.3, -0.25) is 0 Å². The van der Waals surface area contributed by atoms with Crippen LogP contribution in [-0.2, 0) is 19.9 Å². The van der Waals surface area contributed by atoms with Crippen LogP contribution >= 0.6 is 11.6 Å². The Kier molecular flexibility index (Phi) is 5.76. The van der Waals surface area contributed by atoms with Crippen LogP contribution in [0, 0.1) is 5.82 Å². The highest BCUT2D eigenvalue weighted by molar-refractivity contribution is 6.30. The first-order chi connectivity index (χ1) is 10.1. The minimum Gasteiger partial charge on any atom is -0.338 e. The second kappa shape index (κ2) is 7.57. The van der Waals surface area contributed by atoms with Crippen LogP contribution in [0.5, 0.6) is 0 Å². The molecule has 0 aliphatic carbocycles. The summed E-state index contributed by atoms with van der Waals surface area (Å²) in [7, 11) is 1.97. The predicted molar refractivity (Wildman–Crippen MR) is 84.1 cm³/mol. The lowest BCUT2D eigenvalue weighted by Crippen LogP contribution is -2.34. The van der Waals surface area contributed by atoms with Gasteiger partial charge in [0.05, 0.1) is 5.02 Å². The van der Waals surface area contributed by atoms with Gasteiger partial charge >= 0.3 is 0 Å². The van der Waals surface area contributed by atoms with Crippen LogP contribution in [-0.4, -0.2) is 22.1 Å². The lowest BCUT2D eigenvalue weighted by Gasteiger charge is -2.19. The van der Waals surface area contributed by atoms with Crippen LogP contribution < -0.4 is 5.32 Å². The minimum absolute atomic E-state index is 0.138. The minimum atomic E-state index is -0.317. The Hall–Kier alpha value is -1.39. The molecule has 1 N–H and O–H groups in total. The van der Waals surface area contributed by atoms with Gasteiger partial charge in [-0.05, 0) is 31.0 Å². The zero-order chi connectivity index (χ0) is 15.2. The Labute approximate surface area is 130 Å². The van der Waals surface area contributed by atoms with E-state index in [9.17, 15) is 4.39 Å². The van der Waals surface area contributed by atoms with E-state index in [0.717, 1.165) is 25.2 Å². The Morgan fingerprint density at radius 1 is 1.38 bits per heavy atom. The summed E-state index contributed by atoms with van der Waals surface area (Å²) < 4.78 is 16.1. The summed E-state index contributed by atoms with van der Waals surface area (Å²) >= 11 is 5.86. The second-order valence-electron chi connectivity index (χ2n) is 5.23. The number of halogens is 2. The van der Waals surface area contributed by atoms with Gasteiger partial charge in [-0.25, -0.2) is 9.37 Å². The molecular formula is C16H21ClFN3. The highest BCUT2D eigenvalue weighted by Crippen LogP contribution is 2.19. The van der Waals surface area contributed by atoms with E-state index in [-0.39, 0.29) is 16.9 Å². The first-order valence-corrected chi connectivity index (χ1v) is 7.62. The molecule has 0 aliphatic heterocycles. The van der Waals surface area contributed by atoms with E-state index in [1.54, 1.807) is 24.4 Å². The molecular weight excluding hydrogens is 289 g/mol. The largest absolute Gasteiger partial charge is 0.338 e. The van der Waals surface area contributed by atoms with Gasteiger partial charge in [-0.2, -0.15) is 0 Å². The van der Waals surface area contributed by atoms with Crippen molar-refractivity contribution in [2.24, 2.45) is 7.05 Å². The van der Waals surface area contributed by atoms with Crippen molar-refractivity contribution in [2.75, 3.05) is 6.54 Å². The molecule has 0 bridgehead atoms. The van der Waals surface area contributed by atoms with E-state index in [1.165, 1.54) is 0 Å². The van der Waals surface area contributed by atoms with Crippen molar-refractivity contribution in [1.29, 1.82) is 0 Å². The van der Waals surface area contributed by atoms with Gasteiger partial charge < -0.3 is 9.88 Å². The van der Waals surface area contributed by atoms with E-state index in [4.69, 9.17) is 11.6 Å². The molecule has 0 saturated carbocycles. The smallest absolute Gasteiger partial charge is 0.145 e. The monoisotopic (exact) mass is 309 g/mol. The summed E-state index contributed by atoms with van der Waals surface area (Å²) in [6.07, 6.45) is 6.10. The van der Waals surface area contributed by atoms with Gasteiger partial charge in [-0.15, -0.1) is 0 Å². The maximum atomic E-state index is 14.1. The molecule has 1 atom stereocenters. The Morgan fingerprint density at radius 3 is 2.86 bits per heavy atom. The second-order valence-corrected chi connectivity index (χ2v) is 5.63. The van der Waals surface area contributed by atoms with Crippen LogP contribution in [0.4, 0.5) is 4.39 Å². The number of nitrogens with zero attached hydrogens (tertiary/aromatic N) is 2. The van der Waals surface area contributed by atoms with Gasteiger partial charge in [0.15, 0.2) is 0 Å². The third-order valence-corrected chi connectivity index (χ3v) is 3.82. The molecule has 2 aromatic rings. The third-order valence-electron chi connectivity index (χ3n) is 3.53. The SMILES string of the molecule is CCCNC(Cc1cccc(Cl)c1F)Cc1nccn1C. The quantitative estimate of drug-likeness (QED) is 0.850. The molecule has 0 spiro atoms. The molecule has 0 radical (unpaired) electrons. The first kappa shape index (κ1) is 16.0. The average Bonchev–Trinajstić information content (AvgIpc) is 2.86. The van der Waals surface area contributed by atoms with Crippen molar-refractivity contribution >= 4 is 11.6 Å². The van der Waals surface area contributed by atoms with Gasteiger partial charge in [0.2, 0.25) is 0 Å². The molecule has 1 unspecified atom stereocenters. The molecule has 1 aromatic carbocycles. The Morgan fingerprint density at radius 2 is 2.19 bits per heavy atom. The van der Waals surface area contributed by atoms with Gasteiger partial charge in [0.1, 0.15) is 11.6 Å². The number of aromatic nitrogens is 2. The topological polar surface area (TPSA) is 29.9 Å². The van der Waals surface area contributed by atoms with Crippen LogP contribution in [0.3, 0.4) is 0 Å². The summed E-state index contributed by atoms with van der Waals surface area (Å²) in [5, 5.41) is 3.65. The highest BCUT2D eigenvalue weighted by atomic mass is 35.5. The maximum absolute atomic E-state index is 14.1. The Bertz CT molecular complexity index is 583. The fourth-order valence-corrected chi connectivity index (χ4v) is 2.54. The van der Waals surface area contributed by atoms with Crippen molar-refractivity contribution < 1.29 is 4.39 Å². The summed E-state index contributed by atoms with van der Waals surface area (Å²) in [5.41, 5.74) is 0.644. The summed E-state index contributed by atoms with van der Waals surface area (Å²) in [4.78, 5) is 4.35. The van der Waals surface area contributed by atoms with Crippen molar-refractivity contribution in [3.8, 4) is 0 Å². The van der Waals surface area contributed by atoms with Crippen molar-refractivity contribution in [3.63, 3.8) is 0 Å². The molecule has 2 rings (SSSR count). The number of rotatable bonds is 7. The molecule has 3 nitrogen and oxygen atoms in total. The zero-order valence-corrected chi connectivity index (χ0v) is 13.2. The lowest BCUT2D eigenvalue weighted by molar-refractivity contribution is 0.479. The normalized spacial score (nSPS) is 12.6. The molecule has 0 aliphatic rings. The lowest BCUT2D eigenvalue weighted by atomic mass is 10.0. The maximum Gasteiger partial charge on any atom is 0.145 e. The standard InChI is InChI=1S/C16H21ClFN3/c1-3-7-19-13(11-15-20-8-9-21(15)2)10-12-5-4-6-14(17)16(12)18/h4-6,8-9,13,19H,3,7,10-11H2,1-2H3. The first-order valence-electron chi connectivity index (χ1n) is 7.24. The molecule has 0 saturated heterocycles. The fraction of sp³-hybridized carbons (Fsp3) is 0.438. The van der Waals surface area contributed by atoms with Crippen molar-refractivity contribution in [2.45, 2.75) is 32.2 Å². The van der Waals surface area contributed by atoms with Gasteiger partial charge in [0, 0.05) is 31.9 Å². The summed E-state index contributed by atoms with van der Waals surface area (Å²) in [6.45, 7) is 3.02. The fourth-order valence-electron chi connectivity index (χ4n) is 2.35. The summed E-state index contributed by atoms with van der Waals surface area (Å²) in [6, 6.07) is 5.30. The van der Waals surface area contributed by atoms with Crippen LogP contribution in [0.2, 0.25) is 5.02 Å². The van der Waals surface area contributed by atoms with E-state index >= 15 is 0 Å². The number of imidazole rings is 1. The molecule has 1 aromatic heterocycles. The number of benzene rings is 1. The molecule has 0 amide bonds. The number of hydrogen-bond donors (Lipinski definition) is 1. The van der Waals surface area contributed by atoms with E-state index in [0.29, 0.717) is 12.0 Å². The molecule has 114 valence electrons. The van der Waals surface area contributed by atoms with Crippen LogP contribution in [0.25, 0.3) is 0 Å². The Balaban J connectivity index is 2.12. The molecule has 1 heterocycles. The van der Waals surface area contributed by atoms with Crippen molar-refractivity contribution in [3.05, 3.63) is 52.8 Å². The van der Waals surface area contributed by atoms with E-state index in [2.05, 4.69) is 17.2 Å². The molecule has 21 heavy (non-hydrogen) atoms. The summed E-state index contributed by atoms with van der Waals surface area (Å²) in [5.74, 6) is 0.674. The van der Waals surface area contributed by atoms with Gasteiger partial charge in [0.25, 0.3) is 0 Å². The number of hydrogen-bond acceptors (Lipinski definition) is 2. The van der Waals surface area contributed by atoms with Crippen molar-refractivity contribution in [1.82, 2.24) is 14.9 Å². The van der Waals surface area contributed by atoms with Gasteiger partial charge in [-0.1, -0.05) is 30.7 Å². The van der Waals surface area contributed by atoms with E-state index < -0.39 is 0 Å². The average molecular weight is 310 g/mol. The third kappa shape index (κ3) is 4.29. The van der Waals surface area contributed by atoms with Crippen LogP contribution in [0.15, 0.2) is 30.6 Å². The van der Waals surface area contributed by atoms with E-state index in [1.807, 2.05) is 17.8 Å². The highest BCUT2D eigenvalue weighted by Gasteiger charge is 2.15. The zero-order valence-electron chi connectivity index (χ0n) is 12.4. The predicted octanol–water partition coefficient (Wildman–Crippen LogP) is 3.37. The van der Waals surface area contributed by atoms with Crippen LogP contribution in [0.1, 0.15) is 24.7 Å².